The molecule has 4 aromatic rings. The number of anilines is 1. The minimum absolute atomic E-state index is 0.0473. The predicted octanol–water partition coefficient (Wildman–Crippen LogP) is 4.02. The van der Waals surface area contributed by atoms with Crippen molar-refractivity contribution in [2.45, 2.75) is 13.5 Å². The number of carbonyl (C=O) groups excluding carboxylic acids is 1. The lowest BCUT2D eigenvalue weighted by molar-refractivity contribution is 0.102. The van der Waals surface area contributed by atoms with Crippen molar-refractivity contribution in [2.24, 2.45) is 0 Å². The number of nitrogens with one attached hydrogen (secondary N) is 1. The van der Waals surface area contributed by atoms with Gasteiger partial charge in [0.05, 0.1) is 22.9 Å². The number of nitrogens with zero attached hydrogens (tertiary/aromatic N) is 6. The summed E-state index contributed by atoms with van der Waals surface area (Å²) in [6, 6.07) is 11.9. The molecule has 0 aliphatic rings. The fourth-order valence-corrected chi connectivity index (χ4v) is 3.21. The largest absolute Gasteiger partial charge is 0.288 e. The molecule has 8 nitrogen and oxygen atoms in total. The molecule has 0 saturated heterocycles. The minimum Gasteiger partial charge on any atom is -0.288 e. The van der Waals surface area contributed by atoms with Gasteiger partial charge in [-0.25, -0.2) is 18.7 Å². The predicted molar refractivity (Wildman–Crippen MR) is 112 cm³/mol. The SMILES string of the molecule is Cc1c(C(=O)Nc2ncn(Cc3ccc(Br)cc3)n2)nnn1-c1ccc(F)c(Cl)c1. The average Bonchev–Trinajstić information content (AvgIpc) is 3.32. The van der Waals surface area contributed by atoms with E-state index in [1.54, 1.807) is 11.6 Å². The Labute approximate surface area is 183 Å². The summed E-state index contributed by atoms with van der Waals surface area (Å²) in [5.41, 5.74) is 2.09. The highest BCUT2D eigenvalue weighted by atomic mass is 79.9. The first-order valence-corrected chi connectivity index (χ1v) is 9.91. The Kier molecular flexibility index (Phi) is 5.60. The summed E-state index contributed by atoms with van der Waals surface area (Å²) < 4.78 is 17.4. The molecule has 0 bridgehead atoms. The third kappa shape index (κ3) is 4.24. The van der Waals surface area contributed by atoms with Gasteiger partial charge in [0.1, 0.15) is 12.1 Å². The molecule has 152 valence electrons. The molecule has 2 aromatic carbocycles. The lowest BCUT2D eigenvalue weighted by atomic mass is 10.2. The van der Waals surface area contributed by atoms with Gasteiger partial charge in [-0.1, -0.05) is 44.9 Å². The molecule has 0 aliphatic heterocycles. The maximum atomic E-state index is 13.4. The number of benzene rings is 2. The molecule has 0 atom stereocenters. The van der Waals surface area contributed by atoms with Crippen LogP contribution in [0.25, 0.3) is 5.69 Å². The maximum absolute atomic E-state index is 13.4. The highest BCUT2D eigenvalue weighted by molar-refractivity contribution is 9.10. The first kappa shape index (κ1) is 20.2. The lowest BCUT2D eigenvalue weighted by Crippen LogP contribution is -2.15. The molecule has 0 aliphatic carbocycles. The van der Waals surface area contributed by atoms with Crippen LogP contribution < -0.4 is 5.32 Å². The molecule has 0 fully saturated rings. The van der Waals surface area contributed by atoms with E-state index in [0.717, 1.165) is 10.0 Å². The molecule has 0 saturated carbocycles. The highest BCUT2D eigenvalue weighted by Crippen LogP contribution is 2.20. The van der Waals surface area contributed by atoms with Gasteiger partial charge in [-0.15, -0.1) is 10.2 Å². The normalized spacial score (nSPS) is 10.9. The van der Waals surface area contributed by atoms with Crippen molar-refractivity contribution in [3.05, 3.63) is 81.1 Å². The molecule has 30 heavy (non-hydrogen) atoms. The average molecular weight is 491 g/mol. The van der Waals surface area contributed by atoms with Gasteiger partial charge in [0.15, 0.2) is 5.69 Å². The van der Waals surface area contributed by atoms with Gasteiger partial charge < -0.3 is 0 Å². The summed E-state index contributed by atoms with van der Waals surface area (Å²) in [5, 5.41) is 14.7. The standard InChI is InChI=1S/C19H14BrClFN7O/c1-11-17(25-27-29(11)14-6-7-16(22)15(21)8-14)18(30)24-19-23-10-28(26-19)9-12-2-4-13(20)5-3-12/h2-8,10H,9H2,1H3,(H,24,26,30). The second-order valence-corrected chi connectivity index (χ2v) is 7.70. The van der Waals surface area contributed by atoms with Crippen molar-refractivity contribution in [2.75, 3.05) is 5.32 Å². The van der Waals surface area contributed by atoms with Gasteiger partial charge >= 0.3 is 0 Å². The quantitative estimate of drug-likeness (QED) is 0.456. The summed E-state index contributed by atoms with van der Waals surface area (Å²) in [6.45, 7) is 2.18. The van der Waals surface area contributed by atoms with E-state index in [0.29, 0.717) is 17.9 Å². The highest BCUT2D eigenvalue weighted by Gasteiger charge is 2.19. The molecule has 0 spiro atoms. The van der Waals surface area contributed by atoms with Crippen molar-refractivity contribution in [3.8, 4) is 5.69 Å². The first-order valence-electron chi connectivity index (χ1n) is 8.73. The lowest BCUT2D eigenvalue weighted by Gasteiger charge is -2.05. The van der Waals surface area contributed by atoms with E-state index >= 15 is 0 Å². The number of aromatic nitrogens is 6. The van der Waals surface area contributed by atoms with Crippen LogP contribution >= 0.6 is 27.5 Å². The Bertz CT molecular complexity index is 1220. The first-order chi connectivity index (χ1) is 14.4. The van der Waals surface area contributed by atoms with Crippen molar-refractivity contribution < 1.29 is 9.18 Å². The van der Waals surface area contributed by atoms with Crippen molar-refractivity contribution >= 4 is 39.4 Å². The summed E-state index contributed by atoms with van der Waals surface area (Å²) in [7, 11) is 0. The second-order valence-electron chi connectivity index (χ2n) is 6.38. The molecule has 1 amide bonds. The van der Waals surface area contributed by atoms with E-state index < -0.39 is 11.7 Å². The van der Waals surface area contributed by atoms with E-state index in [4.69, 9.17) is 11.6 Å². The van der Waals surface area contributed by atoms with E-state index in [-0.39, 0.29) is 16.7 Å². The van der Waals surface area contributed by atoms with Crippen molar-refractivity contribution in [3.63, 3.8) is 0 Å². The van der Waals surface area contributed by atoms with Gasteiger partial charge in [0.25, 0.3) is 5.91 Å². The molecule has 2 heterocycles. The third-order valence-electron chi connectivity index (χ3n) is 4.28. The minimum atomic E-state index is -0.541. The number of carbonyl (C=O) groups is 1. The van der Waals surface area contributed by atoms with Crippen LogP contribution in [0.5, 0.6) is 0 Å². The second kappa shape index (κ2) is 8.33. The van der Waals surface area contributed by atoms with Crippen LogP contribution in [0.4, 0.5) is 10.3 Å². The van der Waals surface area contributed by atoms with Gasteiger partial charge in [-0.2, -0.15) is 0 Å². The Hall–Kier alpha value is -3.11. The van der Waals surface area contributed by atoms with Crippen molar-refractivity contribution in [1.82, 2.24) is 29.8 Å². The Morgan fingerprint density at radius 1 is 1.23 bits per heavy atom. The van der Waals surface area contributed by atoms with Gasteiger partial charge in [-0.05, 0) is 42.8 Å². The molecule has 1 N–H and O–H groups in total. The zero-order valence-electron chi connectivity index (χ0n) is 15.6. The summed E-state index contributed by atoms with van der Waals surface area (Å²) in [5.74, 6) is -0.898. The monoisotopic (exact) mass is 489 g/mol. The Morgan fingerprint density at radius 3 is 2.73 bits per heavy atom. The zero-order chi connectivity index (χ0) is 21.3. The smallest absolute Gasteiger partial charge is 0.280 e. The van der Waals surface area contributed by atoms with E-state index in [1.807, 2.05) is 24.3 Å². The van der Waals surface area contributed by atoms with Gasteiger partial charge in [0, 0.05) is 4.47 Å². The van der Waals surface area contributed by atoms with Crippen LogP contribution in [-0.4, -0.2) is 35.7 Å². The van der Waals surface area contributed by atoms with Gasteiger partial charge in [0.2, 0.25) is 5.95 Å². The van der Waals surface area contributed by atoms with Crippen LogP contribution in [-0.2, 0) is 6.54 Å². The van der Waals surface area contributed by atoms with E-state index in [2.05, 4.69) is 41.6 Å². The Balaban J connectivity index is 1.48. The summed E-state index contributed by atoms with van der Waals surface area (Å²) in [4.78, 5) is 16.7. The molecule has 0 radical (unpaired) electrons. The number of hydrogen-bond acceptors (Lipinski definition) is 5. The number of rotatable bonds is 5. The van der Waals surface area contributed by atoms with Crippen LogP contribution in [0.15, 0.2) is 53.3 Å². The van der Waals surface area contributed by atoms with E-state index in [9.17, 15) is 9.18 Å². The number of halogens is 3. The van der Waals surface area contributed by atoms with E-state index in [1.165, 1.54) is 29.2 Å². The topological polar surface area (TPSA) is 90.5 Å². The van der Waals surface area contributed by atoms with Crippen molar-refractivity contribution in [1.29, 1.82) is 0 Å². The van der Waals surface area contributed by atoms with Crippen LogP contribution in [0.3, 0.4) is 0 Å². The van der Waals surface area contributed by atoms with Gasteiger partial charge in [-0.3, -0.25) is 10.1 Å². The maximum Gasteiger partial charge on any atom is 0.280 e. The fourth-order valence-electron chi connectivity index (χ4n) is 2.77. The molecule has 4 rings (SSSR count). The molecule has 11 heteroatoms. The summed E-state index contributed by atoms with van der Waals surface area (Å²) in [6.07, 6.45) is 1.53. The number of hydrogen-bond donors (Lipinski definition) is 1. The zero-order valence-corrected chi connectivity index (χ0v) is 17.9. The van der Waals surface area contributed by atoms with Crippen LogP contribution in [0.1, 0.15) is 21.7 Å². The van der Waals surface area contributed by atoms with Crippen LogP contribution in [0.2, 0.25) is 5.02 Å². The molecular weight excluding hydrogens is 477 g/mol. The van der Waals surface area contributed by atoms with Crippen LogP contribution in [0, 0.1) is 12.7 Å². The fraction of sp³-hybridized carbons (Fsp3) is 0.105. The molecule has 0 unspecified atom stereocenters. The summed E-state index contributed by atoms with van der Waals surface area (Å²) >= 11 is 9.22. The molecule has 2 aromatic heterocycles. The number of amides is 1. The Morgan fingerprint density at radius 2 is 2.00 bits per heavy atom. The molecular formula is C19H14BrClFN7O. The third-order valence-corrected chi connectivity index (χ3v) is 5.10.